The Hall–Kier alpha value is -1.79. The highest BCUT2D eigenvalue weighted by molar-refractivity contribution is 6.30. The number of rotatable bonds is 8. The summed E-state index contributed by atoms with van der Waals surface area (Å²) in [4.78, 5) is 11.8. The summed E-state index contributed by atoms with van der Waals surface area (Å²) in [6, 6.07) is 18.2. The van der Waals surface area contributed by atoms with E-state index in [0.717, 1.165) is 42.8 Å². The van der Waals surface area contributed by atoms with Crippen LogP contribution in [0.5, 0.6) is 0 Å². The fourth-order valence-corrected chi connectivity index (χ4v) is 4.21. The van der Waals surface area contributed by atoms with Crippen molar-refractivity contribution in [1.29, 1.82) is 0 Å². The number of ether oxygens (including phenoxy) is 1. The summed E-state index contributed by atoms with van der Waals surface area (Å²) in [5.41, 5.74) is 8.40. The Kier molecular flexibility index (Phi) is 9.92. The molecule has 3 rings (SSSR count). The van der Waals surface area contributed by atoms with Gasteiger partial charge in [0.05, 0.1) is 0 Å². The minimum atomic E-state index is -0.387. The van der Waals surface area contributed by atoms with E-state index in [-0.39, 0.29) is 30.5 Å². The molecule has 5 nitrogen and oxygen atoms in total. The molecule has 0 atom stereocenters. The first kappa shape index (κ1) is 24.5. The zero-order chi connectivity index (χ0) is 20.5. The second-order valence-electron chi connectivity index (χ2n) is 7.71. The second-order valence-corrected chi connectivity index (χ2v) is 8.15. The highest BCUT2D eigenvalue weighted by Crippen LogP contribution is 2.39. The van der Waals surface area contributed by atoms with E-state index >= 15 is 0 Å². The standard InChI is InChI=1S/C23H30ClN3O2.ClH/c24-20-8-4-7-19(15-20)23(17-25)11-9-21(10-12-23)26-13-14-27-22(28)29-16-18-5-2-1-3-6-18;/h1-8,15,21,26H,9-14,16-17,25H2,(H,27,28);1H. The second kappa shape index (κ2) is 12.2. The van der Waals surface area contributed by atoms with Crippen LogP contribution in [0.1, 0.15) is 36.8 Å². The molecule has 0 aliphatic heterocycles. The lowest BCUT2D eigenvalue weighted by Crippen LogP contribution is -2.45. The zero-order valence-corrected chi connectivity index (χ0v) is 18.7. The topological polar surface area (TPSA) is 76.4 Å². The predicted molar refractivity (Wildman–Crippen MR) is 124 cm³/mol. The lowest BCUT2D eigenvalue weighted by Gasteiger charge is -2.40. The first-order valence-corrected chi connectivity index (χ1v) is 10.6. The number of nitrogens with one attached hydrogen (secondary N) is 2. The number of hydrogen-bond acceptors (Lipinski definition) is 4. The van der Waals surface area contributed by atoms with Crippen LogP contribution in [-0.2, 0) is 16.8 Å². The van der Waals surface area contributed by atoms with Crippen molar-refractivity contribution in [2.24, 2.45) is 5.73 Å². The van der Waals surface area contributed by atoms with Gasteiger partial charge < -0.3 is 21.1 Å². The van der Waals surface area contributed by atoms with E-state index < -0.39 is 0 Å². The molecule has 1 aliphatic rings. The summed E-state index contributed by atoms with van der Waals surface area (Å²) >= 11 is 6.18. The van der Waals surface area contributed by atoms with Crippen LogP contribution in [0.4, 0.5) is 4.79 Å². The number of carbonyl (C=O) groups is 1. The van der Waals surface area contributed by atoms with Crippen molar-refractivity contribution in [3.63, 3.8) is 0 Å². The number of halogens is 2. The molecule has 2 aromatic carbocycles. The van der Waals surface area contributed by atoms with Crippen LogP contribution in [0.15, 0.2) is 54.6 Å². The first-order chi connectivity index (χ1) is 14.1. The Morgan fingerprint density at radius 1 is 1.10 bits per heavy atom. The van der Waals surface area contributed by atoms with Crippen molar-refractivity contribution in [2.45, 2.75) is 43.7 Å². The summed E-state index contributed by atoms with van der Waals surface area (Å²) in [6.45, 7) is 2.18. The number of alkyl carbamates (subject to hydrolysis) is 1. The van der Waals surface area contributed by atoms with Gasteiger partial charge in [-0.1, -0.05) is 54.1 Å². The molecule has 1 aliphatic carbocycles. The molecule has 1 fully saturated rings. The van der Waals surface area contributed by atoms with E-state index in [4.69, 9.17) is 22.1 Å². The van der Waals surface area contributed by atoms with Crippen LogP contribution < -0.4 is 16.4 Å². The molecule has 0 unspecified atom stereocenters. The molecule has 1 saturated carbocycles. The van der Waals surface area contributed by atoms with Gasteiger partial charge >= 0.3 is 6.09 Å². The quantitative estimate of drug-likeness (QED) is 0.519. The Bertz CT molecular complexity index is 781. The van der Waals surface area contributed by atoms with Crippen LogP contribution in [0.2, 0.25) is 5.02 Å². The van der Waals surface area contributed by atoms with Crippen molar-refractivity contribution >= 4 is 30.1 Å². The third kappa shape index (κ3) is 6.88. The van der Waals surface area contributed by atoms with Gasteiger partial charge in [0, 0.05) is 36.1 Å². The monoisotopic (exact) mass is 451 g/mol. The Labute approximate surface area is 190 Å². The molecule has 30 heavy (non-hydrogen) atoms. The van der Waals surface area contributed by atoms with Crippen molar-refractivity contribution in [2.75, 3.05) is 19.6 Å². The van der Waals surface area contributed by atoms with Crippen molar-refractivity contribution < 1.29 is 9.53 Å². The SMILES string of the molecule is Cl.NCC1(c2cccc(Cl)c2)CCC(NCCNC(=O)OCc2ccccc2)CC1. The van der Waals surface area contributed by atoms with E-state index in [2.05, 4.69) is 16.7 Å². The maximum Gasteiger partial charge on any atom is 0.407 e. The van der Waals surface area contributed by atoms with Crippen molar-refractivity contribution in [1.82, 2.24) is 10.6 Å². The van der Waals surface area contributed by atoms with Crippen LogP contribution in [0.3, 0.4) is 0 Å². The van der Waals surface area contributed by atoms with Gasteiger partial charge in [0.25, 0.3) is 0 Å². The number of amides is 1. The van der Waals surface area contributed by atoms with Crippen molar-refractivity contribution in [3.05, 3.63) is 70.7 Å². The molecule has 0 radical (unpaired) electrons. The average Bonchev–Trinajstić information content (AvgIpc) is 2.76. The molecule has 0 spiro atoms. The van der Waals surface area contributed by atoms with Gasteiger partial charge in [-0.05, 0) is 48.9 Å². The molecule has 0 saturated heterocycles. The highest BCUT2D eigenvalue weighted by Gasteiger charge is 2.35. The van der Waals surface area contributed by atoms with E-state index in [9.17, 15) is 4.79 Å². The molecule has 0 heterocycles. The molecule has 1 amide bonds. The third-order valence-corrected chi connectivity index (χ3v) is 6.05. The molecule has 164 valence electrons. The molecule has 4 N–H and O–H groups in total. The molecule has 0 bridgehead atoms. The highest BCUT2D eigenvalue weighted by atomic mass is 35.5. The number of nitrogens with two attached hydrogens (primary N) is 1. The summed E-state index contributed by atoms with van der Waals surface area (Å²) in [5.74, 6) is 0. The van der Waals surface area contributed by atoms with Gasteiger partial charge in [-0.15, -0.1) is 12.4 Å². The van der Waals surface area contributed by atoms with Gasteiger partial charge in [-0.25, -0.2) is 4.79 Å². The Morgan fingerprint density at radius 2 is 1.83 bits per heavy atom. The maximum atomic E-state index is 11.8. The molecular formula is C23H31Cl2N3O2. The first-order valence-electron chi connectivity index (χ1n) is 10.3. The minimum absolute atomic E-state index is 0. The Morgan fingerprint density at radius 3 is 2.50 bits per heavy atom. The average molecular weight is 452 g/mol. The van der Waals surface area contributed by atoms with Gasteiger partial charge in [0.1, 0.15) is 6.61 Å². The predicted octanol–water partition coefficient (Wildman–Crippen LogP) is 4.42. The van der Waals surface area contributed by atoms with Crippen molar-refractivity contribution in [3.8, 4) is 0 Å². The van der Waals surface area contributed by atoms with E-state index in [1.807, 2.05) is 48.5 Å². The smallest absolute Gasteiger partial charge is 0.407 e. The molecule has 0 aromatic heterocycles. The minimum Gasteiger partial charge on any atom is -0.445 e. The molecule has 7 heteroatoms. The largest absolute Gasteiger partial charge is 0.445 e. The number of carbonyl (C=O) groups excluding carboxylic acids is 1. The Balaban J connectivity index is 0.00000320. The summed E-state index contributed by atoms with van der Waals surface area (Å²) in [7, 11) is 0. The summed E-state index contributed by atoms with van der Waals surface area (Å²) < 4.78 is 5.22. The van der Waals surface area contributed by atoms with E-state index in [0.29, 0.717) is 19.1 Å². The van der Waals surface area contributed by atoms with Crippen LogP contribution in [0, 0.1) is 0 Å². The van der Waals surface area contributed by atoms with Crippen LogP contribution in [0.25, 0.3) is 0 Å². The number of benzene rings is 2. The maximum absolute atomic E-state index is 11.8. The normalized spacial score (nSPS) is 20.8. The van der Waals surface area contributed by atoms with Gasteiger partial charge in [0.2, 0.25) is 0 Å². The fourth-order valence-electron chi connectivity index (χ4n) is 4.02. The molecular weight excluding hydrogens is 421 g/mol. The van der Waals surface area contributed by atoms with E-state index in [1.165, 1.54) is 5.56 Å². The number of hydrogen-bond donors (Lipinski definition) is 3. The zero-order valence-electron chi connectivity index (χ0n) is 17.1. The van der Waals surface area contributed by atoms with Gasteiger partial charge in [-0.3, -0.25) is 0 Å². The fraction of sp³-hybridized carbons (Fsp3) is 0.435. The third-order valence-electron chi connectivity index (χ3n) is 5.81. The lowest BCUT2D eigenvalue weighted by atomic mass is 9.68. The van der Waals surface area contributed by atoms with E-state index in [1.54, 1.807) is 0 Å². The van der Waals surface area contributed by atoms with Gasteiger partial charge in [0.15, 0.2) is 0 Å². The summed E-state index contributed by atoms with van der Waals surface area (Å²) in [5, 5.41) is 7.10. The summed E-state index contributed by atoms with van der Waals surface area (Å²) in [6.07, 6.45) is 3.80. The lowest BCUT2D eigenvalue weighted by molar-refractivity contribution is 0.139. The van der Waals surface area contributed by atoms with Gasteiger partial charge in [-0.2, -0.15) is 0 Å². The van der Waals surface area contributed by atoms with Crippen LogP contribution >= 0.6 is 24.0 Å². The van der Waals surface area contributed by atoms with Crippen LogP contribution in [-0.4, -0.2) is 31.8 Å². The molecule has 2 aromatic rings.